The van der Waals surface area contributed by atoms with Crippen LogP contribution in [0.5, 0.6) is 0 Å². The average Bonchev–Trinajstić information content (AvgIpc) is 2.49. The topological polar surface area (TPSA) is 29.1 Å². The molecule has 0 aliphatic heterocycles. The number of benzene rings is 1. The largest absolute Gasteiger partial charge is 0.355 e. The highest BCUT2D eigenvalue weighted by Crippen LogP contribution is 2.23. The summed E-state index contributed by atoms with van der Waals surface area (Å²) in [5.41, 5.74) is 1.51. The molecule has 0 aromatic heterocycles. The Morgan fingerprint density at radius 1 is 1.30 bits per heavy atom. The van der Waals surface area contributed by atoms with E-state index < -0.39 is 0 Å². The summed E-state index contributed by atoms with van der Waals surface area (Å²) in [6, 6.07) is 10.1. The van der Waals surface area contributed by atoms with Gasteiger partial charge in [-0.25, -0.2) is 0 Å². The third-order valence-corrected chi connectivity index (χ3v) is 4.67. The molecule has 1 amide bonds. The second kappa shape index (κ2) is 8.15. The maximum Gasteiger partial charge on any atom is 0.233 e. The highest BCUT2D eigenvalue weighted by atomic mass is 32.2. The highest BCUT2D eigenvalue weighted by Gasteiger charge is 2.13. The van der Waals surface area contributed by atoms with Crippen molar-refractivity contribution in [1.82, 2.24) is 5.32 Å². The molecule has 1 atom stereocenters. The lowest BCUT2D eigenvalue weighted by molar-refractivity contribution is -0.120. The van der Waals surface area contributed by atoms with Crippen molar-refractivity contribution in [3.63, 3.8) is 0 Å². The lowest BCUT2D eigenvalue weighted by atomic mass is 9.97. The second-order valence-electron chi connectivity index (χ2n) is 5.22. The quantitative estimate of drug-likeness (QED) is 0.629. The molecule has 20 heavy (non-hydrogen) atoms. The van der Waals surface area contributed by atoms with E-state index >= 15 is 0 Å². The third kappa shape index (κ3) is 5.04. The molecule has 2 rings (SSSR count). The molecule has 1 aliphatic carbocycles. The van der Waals surface area contributed by atoms with Gasteiger partial charge in [0.2, 0.25) is 5.91 Å². The van der Waals surface area contributed by atoms with Crippen LogP contribution in [-0.4, -0.2) is 17.7 Å². The van der Waals surface area contributed by atoms with Crippen LogP contribution < -0.4 is 5.32 Å². The van der Waals surface area contributed by atoms with Gasteiger partial charge in [-0.05, 0) is 51.2 Å². The van der Waals surface area contributed by atoms with Gasteiger partial charge in [0, 0.05) is 11.4 Å². The summed E-state index contributed by atoms with van der Waals surface area (Å²) in [6.45, 7) is 2.73. The Balaban J connectivity index is 1.70. The van der Waals surface area contributed by atoms with E-state index in [-0.39, 0.29) is 11.2 Å². The fourth-order valence-corrected chi connectivity index (χ4v) is 3.29. The van der Waals surface area contributed by atoms with Crippen LogP contribution in [0.2, 0.25) is 0 Å². The fourth-order valence-electron chi connectivity index (χ4n) is 2.38. The molecule has 108 valence electrons. The lowest BCUT2D eigenvalue weighted by Crippen LogP contribution is -2.31. The number of carbonyl (C=O) groups excluding carboxylic acids is 1. The van der Waals surface area contributed by atoms with Crippen molar-refractivity contribution in [2.45, 2.75) is 49.2 Å². The Hall–Kier alpha value is -1.22. The van der Waals surface area contributed by atoms with Crippen LogP contribution in [0.4, 0.5) is 0 Å². The van der Waals surface area contributed by atoms with Gasteiger partial charge in [0.15, 0.2) is 0 Å². The normalized spacial score (nSPS) is 16.4. The van der Waals surface area contributed by atoms with E-state index in [0.29, 0.717) is 0 Å². The molecule has 3 heteroatoms. The monoisotopic (exact) mass is 289 g/mol. The summed E-state index contributed by atoms with van der Waals surface area (Å²) >= 11 is 1.61. The summed E-state index contributed by atoms with van der Waals surface area (Å²) in [7, 11) is 0. The molecule has 0 saturated carbocycles. The van der Waals surface area contributed by atoms with Gasteiger partial charge in [-0.3, -0.25) is 4.79 Å². The molecule has 0 saturated heterocycles. The zero-order valence-corrected chi connectivity index (χ0v) is 12.9. The van der Waals surface area contributed by atoms with Crippen molar-refractivity contribution in [2.75, 3.05) is 6.54 Å². The Morgan fingerprint density at radius 3 is 2.80 bits per heavy atom. The highest BCUT2D eigenvalue weighted by molar-refractivity contribution is 8.00. The molecule has 1 aromatic carbocycles. The number of rotatable bonds is 6. The first kappa shape index (κ1) is 15.2. The van der Waals surface area contributed by atoms with Crippen LogP contribution in [0.15, 0.2) is 46.9 Å². The smallest absolute Gasteiger partial charge is 0.233 e. The van der Waals surface area contributed by atoms with E-state index in [1.54, 1.807) is 11.8 Å². The number of hydrogen-bond acceptors (Lipinski definition) is 2. The van der Waals surface area contributed by atoms with Crippen LogP contribution in [0.1, 0.15) is 39.0 Å². The first-order valence-corrected chi connectivity index (χ1v) is 8.31. The molecular weight excluding hydrogens is 266 g/mol. The molecule has 1 N–H and O–H groups in total. The Kier molecular flexibility index (Phi) is 6.19. The van der Waals surface area contributed by atoms with Crippen molar-refractivity contribution < 1.29 is 4.79 Å². The van der Waals surface area contributed by atoms with E-state index in [4.69, 9.17) is 0 Å². The van der Waals surface area contributed by atoms with Gasteiger partial charge in [-0.1, -0.05) is 29.8 Å². The van der Waals surface area contributed by atoms with Gasteiger partial charge >= 0.3 is 0 Å². The number of allylic oxidation sites excluding steroid dienone is 1. The molecular formula is C17H23NOS. The van der Waals surface area contributed by atoms with Crippen molar-refractivity contribution in [2.24, 2.45) is 0 Å². The zero-order chi connectivity index (χ0) is 14.2. The number of thioether (sulfide) groups is 1. The number of carbonyl (C=O) groups is 1. The van der Waals surface area contributed by atoms with E-state index in [9.17, 15) is 4.79 Å². The maximum atomic E-state index is 12.0. The van der Waals surface area contributed by atoms with E-state index in [2.05, 4.69) is 11.4 Å². The van der Waals surface area contributed by atoms with Crippen LogP contribution in [0, 0.1) is 0 Å². The maximum absolute atomic E-state index is 12.0. The first-order chi connectivity index (χ1) is 9.75. The molecule has 0 spiro atoms. The SMILES string of the molecule is CC(Sc1ccccc1)C(=O)NCCC1=CCCCC1. The first-order valence-electron chi connectivity index (χ1n) is 7.43. The molecule has 2 nitrogen and oxygen atoms in total. The van der Waals surface area contributed by atoms with E-state index in [1.165, 1.54) is 31.3 Å². The second-order valence-corrected chi connectivity index (χ2v) is 6.64. The van der Waals surface area contributed by atoms with Gasteiger partial charge in [-0.15, -0.1) is 11.8 Å². The standard InChI is InChI=1S/C17H23NOS/c1-14(20-16-10-6-3-7-11-16)17(19)18-13-12-15-8-4-2-5-9-15/h3,6-8,10-11,14H,2,4-5,9,12-13H2,1H3,(H,18,19). The molecule has 0 radical (unpaired) electrons. The molecule has 1 unspecified atom stereocenters. The third-order valence-electron chi connectivity index (χ3n) is 3.56. The van der Waals surface area contributed by atoms with E-state index in [0.717, 1.165) is 17.9 Å². The van der Waals surface area contributed by atoms with Crippen LogP contribution in [0.3, 0.4) is 0 Å². The summed E-state index contributed by atoms with van der Waals surface area (Å²) in [6.07, 6.45) is 8.40. The number of hydrogen-bond donors (Lipinski definition) is 1. The lowest BCUT2D eigenvalue weighted by Gasteiger charge is -2.15. The summed E-state index contributed by atoms with van der Waals surface area (Å²) in [5.74, 6) is 0.135. The molecule has 0 fully saturated rings. The number of amides is 1. The minimum absolute atomic E-state index is 0.0438. The zero-order valence-electron chi connectivity index (χ0n) is 12.1. The van der Waals surface area contributed by atoms with Crippen molar-refractivity contribution in [3.05, 3.63) is 42.0 Å². The van der Waals surface area contributed by atoms with Gasteiger partial charge in [-0.2, -0.15) is 0 Å². The summed E-state index contributed by atoms with van der Waals surface area (Å²) < 4.78 is 0. The molecule has 0 heterocycles. The van der Waals surface area contributed by atoms with Gasteiger partial charge < -0.3 is 5.32 Å². The molecule has 0 bridgehead atoms. The molecule has 1 aromatic rings. The van der Waals surface area contributed by atoms with Gasteiger partial charge in [0.05, 0.1) is 5.25 Å². The van der Waals surface area contributed by atoms with E-state index in [1.807, 2.05) is 37.3 Å². The van der Waals surface area contributed by atoms with Crippen LogP contribution in [-0.2, 0) is 4.79 Å². The Labute approximate surface area is 126 Å². The van der Waals surface area contributed by atoms with Gasteiger partial charge in [0.1, 0.15) is 0 Å². The Morgan fingerprint density at radius 2 is 2.10 bits per heavy atom. The number of nitrogens with one attached hydrogen (secondary N) is 1. The van der Waals surface area contributed by atoms with Crippen LogP contribution >= 0.6 is 11.8 Å². The summed E-state index contributed by atoms with van der Waals surface area (Å²) in [4.78, 5) is 13.2. The minimum atomic E-state index is -0.0438. The van der Waals surface area contributed by atoms with Crippen molar-refractivity contribution in [3.8, 4) is 0 Å². The predicted molar refractivity (Wildman–Crippen MR) is 85.9 cm³/mol. The van der Waals surface area contributed by atoms with Crippen molar-refractivity contribution in [1.29, 1.82) is 0 Å². The van der Waals surface area contributed by atoms with Crippen molar-refractivity contribution >= 4 is 17.7 Å². The fraction of sp³-hybridized carbons (Fsp3) is 0.471. The van der Waals surface area contributed by atoms with Crippen LogP contribution in [0.25, 0.3) is 0 Å². The van der Waals surface area contributed by atoms with Gasteiger partial charge in [0.25, 0.3) is 0 Å². The predicted octanol–water partition coefficient (Wildman–Crippen LogP) is 4.17. The minimum Gasteiger partial charge on any atom is -0.355 e. The average molecular weight is 289 g/mol. The molecule has 1 aliphatic rings. The summed E-state index contributed by atoms with van der Waals surface area (Å²) in [5, 5.41) is 3.01. The Bertz CT molecular complexity index is 455.